The summed E-state index contributed by atoms with van der Waals surface area (Å²) in [5.41, 5.74) is 1.54. The summed E-state index contributed by atoms with van der Waals surface area (Å²) < 4.78 is 11.7. The smallest absolute Gasteiger partial charge is 0.185 e. The molecule has 3 rings (SSSR count). The first-order valence-corrected chi connectivity index (χ1v) is 7.37. The van der Waals surface area contributed by atoms with Gasteiger partial charge in [0.15, 0.2) is 6.29 Å². The first-order valence-electron chi connectivity index (χ1n) is 6.61. The first kappa shape index (κ1) is 14.8. The quantitative estimate of drug-likeness (QED) is 0.922. The van der Waals surface area contributed by atoms with E-state index in [2.05, 4.69) is 0 Å². The van der Waals surface area contributed by atoms with E-state index < -0.39 is 18.5 Å². The lowest BCUT2D eigenvalue weighted by molar-refractivity contribution is -0.0739. The highest BCUT2D eigenvalue weighted by atomic mass is 35.5. The molecule has 0 radical (unpaired) electrons. The third-order valence-corrected chi connectivity index (χ3v) is 4.10. The Morgan fingerprint density at radius 1 is 0.905 bits per heavy atom. The Labute approximate surface area is 133 Å². The predicted octanol–water partition coefficient (Wildman–Crippen LogP) is 4.14. The summed E-state index contributed by atoms with van der Waals surface area (Å²) in [6, 6.07) is 14.8. The third-order valence-electron chi connectivity index (χ3n) is 3.44. The van der Waals surface area contributed by atoms with Gasteiger partial charge in [-0.2, -0.15) is 0 Å². The zero-order valence-corrected chi connectivity index (χ0v) is 12.6. The maximum absolute atomic E-state index is 9.55. The fourth-order valence-electron chi connectivity index (χ4n) is 2.43. The molecule has 0 aliphatic carbocycles. The average molecular weight is 325 g/mol. The SMILES string of the molecule is OC[C@H]1O[C@H](c2ccccc2)O[C@@H]1c1c(Cl)cccc1Cl. The van der Waals surface area contributed by atoms with Crippen molar-refractivity contribution in [1.82, 2.24) is 0 Å². The van der Waals surface area contributed by atoms with Gasteiger partial charge in [-0.05, 0) is 12.1 Å². The summed E-state index contributed by atoms with van der Waals surface area (Å²) in [4.78, 5) is 0. The van der Waals surface area contributed by atoms with Crippen molar-refractivity contribution in [3.05, 3.63) is 69.7 Å². The zero-order valence-electron chi connectivity index (χ0n) is 11.1. The fraction of sp³-hybridized carbons (Fsp3) is 0.250. The Bertz CT molecular complexity index is 598. The van der Waals surface area contributed by atoms with Crippen molar-refractivity contribution in [2.45, 2.75) is 18.5 Å². The van der Waals surface area contributed by atoms with Crippen LogP contribution in [-0.4, -0.2) is 17.8 Å². The molecule has 0 saturated carbocycles. The van der Waals surface area contributed by atoms with E-state index in [4.69, 9.17) is 32.7 Å². The largest absolute Gasteiger partial charge is 0.394 e. The lowest BCUT2D eigenvalue weighted by Crippen LogP contribution is -2.20. The normalized spacial score (nSPS) is 25.2. The minimum atomic E-state index is -0.541. The summed E-state index contributed by atoms with van der Waals surface area (Å²) in [6.07, 6.45) is -1.55. The average Bonchev–Trinajstić information content (AvgIpc) is 2.92. The van der Waals surface area contributed by atoms with Crippen molar-refractivity contribution >= 4 is 23.2 Å². The zero-order chi connectivity index (χ0) is 14.8. The number of rotatable bonds is 3. The molecule has 0 bridgehead atoms. The van der Waals surface area contributed by atoms with Crippen LogP contribution in [0.15, 0.2) is 48.5 Å². The van der Waals surface area contributed by atoms with E-state index in [1.165, 1.54) is 0 Å². The lowest BCUT2D eigenvalue weighted by Gasteiger charge is -2.17. The molecule has 3 nitrogen and oxygen atoms in total. The second kappa shape index (κ2) is 6.34. The number of halogens is 2. The second-order valence-corrected chi connectivity index (χ2v) is 5.61. The van der Waals surface area contributed by atoms with Crippen LogP contribution in [0.1, 0.15) is 23.5 Å². The molecule has 1 fully saturated rings. The van der Waals surface area contributed by atoms with Crippen LogP contribution >= 0.6 is 23.2 Å². The van der Waals surface area contributed by atoms with Gasteiger partial charge in [-0.3, -0.25) is 0 Å². The molecule has 1 saturated heterocycles. The molecule has 1 aliphatic rings. The summed E-state index contributed by atoms with van der Waals surface area (Å²) in [7, 11) is 0. The lowest BCUT2D eigenvalue weighted by atomic mass is 10.0. The van der Waals surface area contributed by atoms with E-state index in [1.807, 2.05) is 30.3 Å². The molecule has 2 aromatic carbocycles. The topological polar surface area (TPSA) is 38.7 Å². The van der Waals surface area contributed by atoms with Crippen molar-refractivity contribution in [1.29, 1.82) is 0 Å². The van der Waals surface area contributed by atoms with Gasteiger partial charge in [0.2, 0.25) is 0 Å². The molecule has 0 unspecified atom stereocenters. The van der Waals surface area contributed by atoms with E-state index >= 15 is 0 Å². The van der Waals surface area contributed by atoms with Crippen LogP contribution in [0.5, 0.6) is 0 Å². The molecule has 3 atom stereocenters. The van der Waals surface area contributed by atoms with E-state index in [-0.39, 0.29) is 6.61 Å². The number of hydrogen-bond donors (Lipinski definition) is 1. The van der Waals surface area contributed by atoms with E-state index in [0.29, 0.717) is 15.6 Å². The predicted molar refractivity (Wildman–Crippen MR) is 81.4 cm³/mol. The summed E-state index contributed by atoms with van der Waals surface area (Å²) in [5.74, 6) is 0. The molecular weight excluding hydrogens is 311 g/mol. The highest BCUT2D eigenvalue weighted by Crippen LogP contribution is 2.44. The fourth-order valence-corrected chi connectivity index (χ4v) is 3.04. The van der Waals surface area contributed by atoms with Crippen LogP contribution in [-0.2, 0) is 9.47 Å². The molecule has 1 aliphatic heterocycles. The molecule has 21 heavy (non-hydrogen) atoms. The molecule has 2 aromatic rings. The number of ether oxygens (including phenoxy) is 2. The van der Waals surface area contributed by atoms with Gasteiger partial charge in [-0.25, -0.2) is 0 Å². The van der Waals surface area contributed by atoms with Crippen LogP contribution in [0.25, 0.3) is 0 Å². The Morgan fingerprint density at radius 2 is 1.57 bits per heavy atom. The van der Waals surface area contributed by atoms with E-state index in [9.17, 15) is 5.11 Å². The maximum Gasteiger partial charge on any atom is 0.185 e. The van der Waals surface area contributed by atoms with Gasteiger partial charge in [0.05, 0.1) is 6.61 Å². The highest BCUT2D eigenvalue weighted by molar-refractivity contribution is 6.36. The van der Waals surface area contributed by atoms with Gasteiger partial charge >= 0.3 is 0 Å². The minimum Gasteiger partial charge on any atom is -0.394 e. The van der Waals surface area contributed by atoms with Crippen LogP contribution in [0.3, 0.4) is 0 Å². The highest BCUT2D eigenvalue weighted by Gasteiger charge is 2.39. The maximum atomic E-state index is 9.55. The van der Waals surface area contributed by atoms with Gasteiger partial charge in [-0.15, -0.1) is 0 Å². The summed E-state index contributed by atoms with van der Waals surface area (Å²) >= 11 is 12.4. The van der Waals surface area contributed by atoms with Crippen LogP contribution in [0.4, 0.5) is 0 Å². The monoisotopic (exact) mass is 324 g/mol. The van der Waals surface area contributed by atoms with Crippen LogP contribution in [0.2, 0.25) is 10.0 Å². The minimum absolute atomic E-state index is 0.171. The van der Waals surface area contributed by atoms with Gasteiger partial charge < -0.3 is 14.6 Å². The van der Waals surface area contributed by atoms with Crippen molar-refractivity contribution in [2.75, 3.05) is 6.61 Å². The molecule has 0 spiro atoms. The van der Waals surface area contributed by atoms with Crippen molar-refractivity contribution < 1.29 is 14.6 Å². The van der Waals surface area contributed by atoms with Crippen molar-refractivity contribution in [2.24, 2.45) is 0 Å². The Kier molecular flexibility index (Phi) is 4.48. The second-order valence-electron chi connectivity index (χ2n) is 4.79. The van der Waals surface area contributed by atoms with Gasteiger partial charge in [0, 0.05) is 21.2 Å². The number of aliphatic hydroxyl groups excluding tert-OH is 1. The van der Waals surface area contributed by atoms with E-state index in [0.717, 1.165) is 5.56 Å². The first-order chi connectivity index (χ1) is 10.2. The number of benzene rings is 2. The summed E-state index contributed by atoms with van der Waals surface area (Å²) in [6.45, 7) is -0.171. The molecule has 1 heterocycles. The van der Waals surface area contributed by atoms with Crippen molar-refractivity contribution in [3.63, 3.8) is 0 Å². The summed E-state index contributed by atoms with van der Waals surface area (Å²) in [5, 5.41) is 10.6. The Balaban J connectivity index is 1.92. The Morgan fingerprint density at radius 3 is 2.19 bits per heavy atom. The number of hydrogen-bond acceptors (Lipinski definition) is 3. The van der Waals surface area contributed by atoms with Crippen molar-refractivity contribution in [3.8, 4) is 0 Å². The molecular formula is C16H14Cl2O3. The van der Waals surface area contributed by atoms with E-state index in [1.54, 1.807) is 18.2 Å². The molecule has 5 heteroatoms. The van der Waals surface area contributed by atoms with Crippen LogP contribution in [0, 0.1) is 0 Å². The molecule has 0 aromatic heterocycles. The van der Waals surface area contributed by atoms with Crippen LogP contribution < -0.4 is 0 Å². The Hall–Kier alpha value is -1.10. The van der Waals surface area contributed by atoms with Gasteiger partial charge in [0.1, 0.15) is 12.2 Å². The molecule has 0 amide bonds. The van der Waals surface area contributed by atoms with Gasteiger partial charge in [0.25, 0.3) is 0 Å². The molecule has 1 N–H and O–H groups in total. The molecule has 110 valence electrons. The standard InChI is InChI=1S/C16H14Cl2O3/c17-11-7-4-8-12(18)14(11)15-13(9-19)20-16(21-15)10-5-2-1-3-6-10/h1-8,13,15-16,19H,9H2/t13-,15+,16+/m1/s1. The van der Waals surface area contributed by atoms with Gasteiger partial charge in [-0.1, -0.05) is 59.6 Å². The third kappa shape index (κ3) is 2.93. The number of aliphatic hydroxyl groups is 1.